The fourth-order valence-corrected chi connectivity index (χ4v) is 0.935. The molecule has 0 bridgehead atoms. The van der Waals surface area contributed by atoms with Crippen molar-refractivity contribution in [2.45, 2.75) is 0 Å². The molecule has 0 fully saturated rings. The van der Waals surface area contributed by atoms with Crippen molar-refractivity contribution in [2.24, 2.45) is 0 Å². The molecule has 0 saturated heterocycles. The maximum atomic E-state index is 11.0. The Morgan fingerprint density at radius 2 is 2.43 bits per heavy atom. The lowest BCUT2D eigenvalue weighted by Crippen LogP contribution is -1.98. The van der Waals surface area contributed by atoms with Crippen LogP contribution in [0, 0.1) is 0 Å². The second-order valence-electron chi connectivity index (χ2n) is 2.39. The standard InChI is InChI=1S/C7H6N4O3/c1-13-7(12)5-3-2-4(14-5)6-8-10-11-9-6/h2-3H,1H3,(H,8,9,10,11). The third kappa shape index (κ3) is 1.35. The van der Waals surface area contributed by atoms with Crippen LogP contribution in [0.4, 0.5) is 0 Å². The number of hydrogen-bond donors (Lipinski definition) is 1. The lowest BCUT2D eigenvalue weighted by Gasteiger charge is -1.91. The van der Waals surface area contributed by atoms with Crippen molar-refractivity contribution in [3.05, 3.63) is 17.9 Å². The summed E-state index contributed by atoms with van der Waals surface area (Å²) in [5.41, 5.74) is 0. The number of furan rings is 1. The van der Waals surface area contributed by atoms with Crippen LogP contribution in [0.1, 0.15) is 10.6 Å². The summed E-state index contributed by atoms with van der Waals surface area (Å²) in [6.07, 6.45) is 0. The first kappa shape index (κ1) is 8.42. The number of carbonyl (C=O) groups excluding carboxylic acids is 1. The van der Waals surface area contributed by atoms with Crippen LogP contribution < -0.4 is 0 Å². The smallest absolute Gasteiger partial charge is 0.373 e. The number of tetrazole rings is 1. The van der Waals surface area contributed by atoms with Crippen LogP contribution in [-0.2, 0) is 4.74 Å². The van der Waals surface area contributed by atoms with Gasteiger partial charge in [0.2, 0.25) is 11.6 Å². The molecular weight excluding hydrogens is 188 g/mol. The first-order valence-corrected chi connectivity index (χ1v) is 3.73. The molecule has 0 saturated carbocycles. The van der Waals surface area contributed by atoms with Crippen LogP contribution in [0.25, 0.3) is 11.6 Å². The molecule has 1 N–H and O–H groups in total. The van der Waals surface area contributed by atoms with E-state index in [1.165, 1.54) is 13.2 Å². The Kier molecular flexibility index (Phi) is 1.98. The molecule has 0 aliphatic rings. The van der Waals surface area contributed by atoms with Gasteiger partial charge in [0, 0.05) is 0 Å². The zero-order chi connectivity index (χ0) is 9.97. The number of ether oxygens (including phenoxy) is 1. The van der Waals surface area contributed by atoms with E-state index in [-0.39, 0.29) is 5.76 Å². The summed E-state index contributed by atoms with van der Waals surface area (Å²) in [6, 6.07) is 3.05. The van der Waals surface area contributed by atoms with Gasteiger partial charge < -0.3 is 9.15 Å². The van der Waals surface area contributed by atoms with Gasteiger partial charge in [0.05, 0.1) is 7.11 Å². The number of hydrogen-bond acceptors (Lipinski definition) is 6. The summed E-state index contributed by atoms with van der Waals surface area (Å²) in [6.45, 7) is 0. The lowest BCUT2D eigenvalue weighted by atomic mass is 10.4. The van der Waals surface area contributed by atoms with Gasteiger partial charge in [-0.2, -0.15) is 5.21 Å². The third-order valence-electron chi connectivity index (χ3n) is 1.56. The first-order valence-electron chi connectivity index (χ1n) is 3.73. The number of nitrogens with one attached hydrogen (secondary N) is 1. The summed E-state index contributed by atoms with van der Waals surface area (Å²) in [7, 11) is 1.28. The van der Waals surface area contributed by atoms with E-state index >= 15 is 0 Å². The number of aromatic amines is 1. The predicted molar refractivity (Wildman–Crippen MR) is 43.2 cm³/mol. The molecule has 2 aromatic rings. The van der Waals surface area contributed by atoms with E-state index < -0.39 is 5.97 Å². The minimum absolute atomic E-state index is 0.104. The van der Waals surface area contributed by atoms with Crippen molar-refractivity contribution < 1.29 is 13.9 Å². The van der Waals surface area contributed by atoms with Crippen molar-refractivity contribution in [1.82, 2.24) is 20.6 Å². The van der Waals surface area contributed by atoms with Crippen LogP contribution in [-0.4, -0.2) is 33.7 Å². The number of esters is 1. The first-order chi connectivity index (χ1) is 6.81. The van der Waals surface area contributed by atoms with Gasteiger partial charge in [-0.1, -0.05) is 0 Å². The average molecular weight is 194 g/mol. The molecule has 2 heterocycles. The quantitative estimate of drug-likeness (QED) is 0.688. The highest BCUT2D eigenvalue weighted by Crippen LogP contribution is 2.17. The largest absolute Gasteiger partial charge is 0.463 e. The van der Waals surface area contributed by atoms with Crippen molar-refractivity contribution in [1.29, 1.82) is 0 Å². The van der Waals surface area contributed by atoms with E-state index in [0.717, 1.165) is 0 Å². The minimum atomic E-state index is -0.542. The Bertz CT molecular complexity index is 433. The molecule has 0 aromatic carbocycles. The summed E-state index contributed by atoms with van der Waals surface area (Å²) in [5, 5.41) is 13.0. The second-order valence-corrected chi connectivity index (χ2v) is 2.39. The molecular formula is C7H6N4O3. The maximum absolute atomic E-state index is 11.0. The Hall–Kier alpha value is -2.18. The van der Waals surface area contributed by atoms with E-state index in [1.54, 1.807) is 6.07 Å². The topological polar surface area (TPSA) is 93.9 Å². The minimum Gasteiger partial charge on any atom is -0.463 e. The fourth-order valence-electron chi connectivity index (χ4n) is 0.935. The number of H-pyrrole nitrogens is 1. The van der Waals surface area contributed by atoms with E-state index in [0.29, 0.717) is 11.6 Å². The number of rotatable bonds is 2. The molecule has 72 valence electrons. The van der Waals surface area contributed by atoms with Crippen LogP contribution in [0.5, 0.6) is 0 Å². The summed E-state index contributed by atoms with van der Waals surface area (Å²) in [4.78, 5) is 11.0. The zero-order valence-electron chi connectivity index (χ0n) is 7.22. The highest BCUT2D eigenvalue weighted by Gasteiger charge is 2.14. The molecule has 0 aliphatic carbocycles. The van der Waals surface area contributed by atoms with E-state index in [1.807, 2.05) is 0 Å². The summed E-state index contributed by atoms with van der Waals surface area (Å²) >= 11 is 0. The Balaban J connectivity index is 2.31. The highest BCUT2D eigenvalue weighted by atomic mass is 16.5. The van der Waals surface area contributed by atoms with Gasteiger partial charge in [-0.25, -0.2) is 4.79 Å². The monoisotopic (exact) mass is 194 g/mol. The van der Waals surface area contributed by atoms with Crippen molar-refractivity contribution in [3.63, 3.8) is 0 Å². The molecule has 0 unspecified atom stereocenters. The average Bonchev–Trinajstić information content (AvgIpc) is 2.86. The Morgan fingerprint density at radius 1 is 1.57 bits per heavy atom. The van der Waals surface area contributed by atoms with Gasteiger partial charge in [0.15, 0.2) is 5.76 Å². The molecule has 0 amide bonds. The summed E-state index contributed by atoms with van der Waals surface area (Å²) < 4.78 is 9.59. The molecule has 0 spiro atoms. The van der Waals surface area contributed by atoms with Crippen LogP contribution in [0.15, 0.2) is 16.5 Å². The van der Waals surface area contributed by atoms with Crippen LogP contribution >= 0.6 is 0 Å². The predicted octanol–water partition coefficient (Wildman–Crippen LogP) is 0.246. The van der Waals surface area contributed by atoms with E-state index in [2.05, 4.69) is 25.4 Å². The summed E-state index contributed by atoms with van der Waals surface area (Å²) in [5.74, 6) is 0.214. The number of aromatic nitrogens is 4. The highest BCUT2D eigenvalue weighted by molar-refractivity contribution is 5.86. The van der Waals surface area contributed by atoms with Gasteiger partial charge >= 0.3 is 5.97 Å². The zero-order valence-corrected chi connectivity index (χ0v) is 7.22. The van der Waals surface area contributed by atoms with E-state index in [4.69, 9.17) is 4.42 Å². The number of nitrogens with zero attached hydrogens (tertiary/aromatic N) is 3. The lowest BCUT2D eigenvalue weighted by molar-refractivity contribution is 0.0566. The molecule has 0 radical (unpaired) electrons. The van der Waals surface area contributed by atoms with Gasteiger partial charge in [0.25, 0.3) is 0 Å². The molecule has 14 heavy (non-hydrogen) atoms. The van der Waals surface area contributed by atoms with Gasteiger partial charge in [-0.3, -0.25) is 0 Å². The van der Waals surface area contributed by atoms with Gasteiger partial charge in [0.1, 0.15) is 0 Å². The maximum Gasteiger partial charge on any atom is 0.373 e. The molecule has 0 aliphatic heterocycles. The molecule has 2 rings (SSSR count). The van der Waals surface area contributed by atoms with Crippen LogP contribution in [0.3, 0.4) is 0 Å². The van der Waals surface area contributed by atoms with Crippen molar-refractivity contribution >= 4 is 5.97 Å². The Morgan fingerprint density at radius 3 is 3.07 bits per heavy atom. The molecule has 7 heteroatoms. The third-order valence-corrected chi connectivity index (χ3v) is 1.56. The molecule has 0 atom stereocenters. The fraction of sp³-hybridized carbons (Fsp3) is 0.143. The molecule has 2 aromatic heterocycles. The van der Waals surface area contributed by atoms with Crippen molar-refractivity contribution in [3.8, 4) is 11.6 Å². The van der Waals surface area contributed by atoms with Gasteiger partial charge in [-0.15, -0.1) is 10.2 Å². The Labute approximate surface area is 78.1 Å². The second kappa shape index (κ2) is 3.29. The normalized spacial score (nSPS) is 10.1. The van der Waals surface area contributed by atoms with Gasteiger partial charge in [-0.05, 0) is 17.3 Å². The van der Waals surface area contributed by atoms with Crippen molar-refractivity contribution in [2.75, 3.05) is 7.11 Å². The SMILES string of the molecule is COC(=O)c1ccc(-c2nn[nH]n2)o1. The molecule has 7 nitrogen and oxygen atoms in total. The van der Waals surface area contributed by atoms with Crippen LogP contribution in [0.2, 0.25) is 0 Å². The van der Waals surface area contributed by atoms with E-state index in [9.17, 15) is 4.79 Å². The number of methoxy groups -OCH3 is 1. The number of carbonyl (C=O) groups is 1.